The van der Waals surface area contributed by atoms with Gasteiger partial charge >= 0.3 is 0 Å². The van der Waals surface area contributed by atoms with Crippen molar-refractivity contribution in [3.63, 3.8) is 0 Å². The van der Waals surface area contributed by atoms with Crippen LogP contribution in [0.2, 0.25) is 5.02 Å². The number of hydrogen-bond donors (Lipinski definition) is 1. The van der Waals surface area contributed by atoms with Crippen LogP contribution in [0.4, 0.5) is 4.39 Å². The molecular formula is C21H16ClFN4OS2. The van der Waals surface area contributed by atoms with Crippen molar-refractivity contribution in [1.29, 1.82) is 0 Å². The third-order valence-electron chi connectivity index (χ3n) is 4.27. The third-order valence-corrected chi connectivity index (χ3v) is 6.39. The van der Waals surface area contributed by atoms with Crippen molar-refractivity contribution >= 4 is 40.6 Å². The quantitative estimate of drug-likeness (QED) is 0.390. The fraction of sp³-hybridized carbons (Fsp3) is 0.0952. The highest BCUT2D eigenvalue weighted by molar-refractivity contribution is 7.99. The van der Waals surface area contributed by atoms with Gasteiger partial charge in [-0.2, -0.15) is 0 Å². The minimum Gasteiger partial charge on any atom is -0.344 e. The molecule has 0 spiro atoms. The lowest BCUT2D eigenvalue weighted by atomic mass is 10.1. The van der Waals surface area contributed by atoms with Gasteiger partial charge in [0.25, 0.3) is 0 Å². The highest BCUT2D eigenvalue weighted by Gasteiger charge is 2.19. The summed E-state index contributed by atoms with van der Waals surface area (Å²) in [7, 11) is 0. The van der Waals surface area contributed by atoms with E-state index in [-0.39, 0.29) is 23.5 Å². The average Bonchev–Trinajstić information content (AvgIpc) is 3.43. The number of nitrogens with zero attached hydrogens (tertiary/aromatic N) is 3. The summed E-state index contributed by atoms with van der Waals surface area (Å²) in [6.07, 6.45) is 1.58. The maximum atomic E-state index is 13.3. The second kappa shape index (κ2) is 9.42. The van der Waals surface area contributed by atoms with Crippen molar-refractivity contribution in [2.75, 3.05) is 5.75 Å². The molecule has 0 aliphatic heterocycles. The molecule has 1 N–H and O–H groups in total. The summed E-state index contributed by atoms with van der Waals surface area (Å²) in [6, 6.07) is 17.0. The van der Waals surface area contributed by atoms with Gasteiger partial charge < -0.3 is 5.32 Å². The van der Waals surface area contributed by atoms with Crippen molar-refractivity contribution in [2.45, 2.75) is 11.2 Å². The smallest absolute Gasteiger partial charge is 0.231 e. The summed E-state index contributed by atoms with van der Waals surface area (Å²) >= 11 is 8.88. The molecule has 9 heteroatoms. The normalized spacial score (nSPS) is 11.9. The number of halogens is 2. The van der Waals surface area contributed by atoms with E-state index in [1.54, 1.807) is 35.2 Å². The fourth-order valence-electron chi connectivity index (χ4n) is 2.89. The van der Waals surface area contributed by atoms with Crippen LogP contribution < -0.4 is 5.32 Å². The van der Waals surface area contributed by atoms with Crippen LogP contribution in [0.5, 0.6) is 0 Å². The van der Waals surface area contributed by atoms with Crippen molar-refractivity contribution in [1.82, 2.24) is 20.1 Å². The van der Waals surface area contributed by atoms with E-state index in [1.165, 1.54) is 35.2 Å². The first kappa shape index (κ1) is 20.6. The second-order valence-electron chi connectivity index (χ2n) is 6.32. The van der Waals surface area contributed by atoms with Gasteiger partial charge in [-0.15, -0.1) is 21.5 Å². The zero-order valence-corrected chi connectivity index (χ0v) is 17.9. The minimum atomic E-state index is -0.343. The van der Waals surface area contributed by atoms with Crippen LogP contribution in [0.25, 0.3) is 5.69 Å². The Labute approximate surface area is 185 Å². The number of benzene rings is 2. The summed E-state index contributed by atoms with van der Waals surface area (Å²) < 4.78 is 15.1. The summed E-state index contributed by atoms with van der Waals surface area (Å²) in [5.74, 6) is -0.322. The Kier molecular flexibility index (Phi) is 6.47. The monoisotopic (exact) mass is 458 g/mol. The molecule has 2 aromatic heterocycles. The molecule has 4 aromatic rings. The number of rotatable bonds is 7. The molecular weight excluding hydrogens is 443 g/mol. The maximum Gasteiger partial charge on any atom is 0.231 e. The van der Waals surface area contributed by atoms with Crippen LogP contribution in [-0.4, -0.2) is 26.4 Å². The minimum absolute atomic E-state index is 0.155. The van der Waals surface area contributed by atoms with E-state index in [9.17, 15) is 9.18 Å². The van der Waals surface area contributed by atoms with Crippen molar-refractivity contribution in [3.8, 4) is 5.69 Å². The van der Waals surface area contributed by atoms with Crippen LogP contribution in [0.3, 0.4) is 0 Å². The maximum absolute atomic E-state index is 13.3. The molecule has 4 rings (SSSR count). The van der Waals surface area contributed by atoms with E-state index in [2.05, 4.69) is 15.5 Å². The van der Waals surface area contributed by atoms with E-state index in [1.807, 2.05) is 29.6 Å². The van der Waals surface area contributed by atoms with Crippen molar-refractivity contribution < 1.29 is 9.18 Å². The predicted octanol–water partition coefficient (Wildman–Crippen LogP) is 5.12. The molecule has 0 saturated carbocycles. The highest BCUT2D eigenvalue weighted by atomic mass is 35.5. The number of carbonyl (C=O) groups is 1. The van der Waals surface area contributed by atoms with Crippen LogP contribution >= 0.6 is 34.7 Å². The van der Waals surface area contributed by atoms with Crippen LogP contribution in [0, 0.1) is 5.82 Å². The van der Waals surface area contributed by atoms with E-state index >= 15 is 0 Å². The molecule has 0 unspecified atom stereocenters. The summed E-state index contributed by atoms with van der Waals surface area (Å²) in [5.41, 5.74) is 1.64. The molecule has 30 heavy (non-hydrogen) atoms. The number of amides is 1. The predicted molar refractivity (Wildman–Crippen MR) is 118 cm³/mol. The van der Waals surface area contributed by atoms with E-state index in [4.69, 9.17) is 11.6 Å². The van der Waals surface area contributed by atoms with Gasteiger partial charge in [-0.1, -0.05) is 47.6 Å². The van der Waals surface area contributed by atoms with Gasteiger partial charge in [0.05, 0.1) is 17.5 Å². The lowest BCUT2D eigenvalue weighted by molar-refractivity contribution is -0.119. The lowest BCUT2D eigenvalue weighted by Crippen LogP contribution is -2.30. The Morgan fingerprint density at radius 1 is 1.20 bits per heavy atom. The highest BCUT2D eigenvalue weighted by Crippen LogP contribution is 2.27. The molecule has 0 fully saturated rings. The van der Waals surface area contributed by atoms with Crippen LogP contribution in [-0.2, 0) is 4.79 Å². The van der Waals surface area contributed by atoms with Crippen LogP contribution in [0.15, 0.2) is 77.5 Å². The lowest BCUT2D eigenvalue weighted by Gasteiger charge is -2.18. The number of thiophene rings is 1. The second-order valence-corrected chi connectivity index (χ2v) is 8.68. The van der Waals surface area contributed by atoms with E-state index < -0.39 is 0 Å². The molecule has 1 atom stereocenters. The summed E-state index contributed by atoms with van der Waals surface area (Å²) in [5, 5.41) is 14.2. The molecule has 0 aliphatic carbocycles. The zero-order valence-electron chi connectivity index (χ0n) is 15.5. The topological polar surface area (TPSA) is 59.8 Å². The van der Waals surface area contributed by atoms with E-state index in [0.29, 0.717) is 10.2 Å². The molecule has 0 bridgehead atoms. The molecule has 2 heterocycles. The summed E-state index contributed by atoms with van der Waals surface area (Å²) in [6.45, 7) is 0. The van der Waals surface area contributed by atoms with Gasteiger partial charge in [-0.25, -0.2) is 4.39 Å². The third kappa shape index (κ3) is 4.89. The Morgan fingerprint density at radius 2 is 2.03 bits per heavy atom. The Morgan fingerprint density at radius 3 is 2.77 bits per heavy atom. The van der Waals surface area contributed by atoms with Gasteiger partial charge in [0, 0.05) is 9.90 Å². The molecule has 0 saturated heterocycles. The van der Waals surface area contributed by atoms with Crippen molar-refractivity contribution in [3.05, 3.63) is 93.7 Å². The summed E-state index contributed by atoms with van der Waals surface area (Å²) in [4.78, 5) is 13.7. The first-order valence-corrected chi connectivity index (χ1v) is 11.2. The first-order chi connectivity index (χ1) is 14.6. The molecule has 0 radical (unpaired) electrons. The molecule has 5 nitrogen and oxygen atoms in total. The molecule has 2 aromatic carbocycles. The Balaban J connectivity index is 1.46. The average molecular weight is 459 g/mol. The van der Waals surface area contributed by atoms with Gasteiger partial charge in [0.15, 0.2) is 5.16 Å². The number of carbonyl (C=O) groups excluding carboxylic acids is 1. The van der Waals surface area contributed by atoms with E-state index in [0.717, 1.165) is 16.1 Å². The largest absolute Gasteiger partial charge is 0.344 e. The SMILES string of the molecule is O=C(CSc1nncn1-c1cccc(Cl)c1)N[C@H](c1ccc(F)cc1)c1cccs1. The Hall–Kier alpha value is -2.68. The standard InChI is InChI=1S/C21H16ClFN4OS2/c22-15-3-1-4-17(11-15)27-13-24-26-21(27)30-12-19(28)25-20(18-5-2-10-29-18)14-6-8-16(23)9-7-14/h1-11,13,20H,12H2,(H,25,28)/t20-/m1/s1. The van der Waals surface area contributed by atoms with Crippen molar-refractivity contribution in [2.24, 2.45) is 0 Å². The Bertz CT molecular complexity index is 1130. The molecule has 1 amide bonds. The van der Waals surface area contributed by atoms with Gasteiger partial charge in [0.2, 0.25) is 5.91 Å². The van der Waals surface area contributed by atoms with Gasteiger partial charge in [0.1, 0.15) is 12.1 Å². The first-order valence-electron chi connectivity index (χ1n) is 8.97. The molecule has 152 valence electrons. The van der Waals surface area contributed by atoms with Gasteiger partial charge in [-0.05, 0) is 47.3 Å². The number of nitrogens with one attached hydrogen (secondary N) is 1. The molecule has 0 aliphatic rings. The number of aromatic nitrogens is 3. The van der Waals surface area contributed by atoms with Crippen LogP contribution in [0.1, 0.15) is 16.5 Å². The zero-order chi connectivity index (χ0) is 20.9. The number of thioether (sulfide) groups is 1. The van der Waals surface area contributed by atoms with Gasteiger partial charge in [-0.3, -0.25) is 9.36 Å². The number of hydrogen-bond acceptors (Lipinski definition) is 5. The fourth-order valence-corrected chi connectivity index (χ4v) is 4.62.